The Hall–Kier alpha value is -1.55. The van der Waals surface area contributed by atoms with Crippen LogP contribution < -0.4 is 5.73 Å². The Bertz CT molecular complexity index is 700. The molecule has 1 amide bonds. The number of aryl methyl sites for hydroxylation is 1. The van der Waals surface area contributed by atoms with E-state index >= 15 is 0 Å². The maximum absolute atomic E-state index is 11.9. The van der Waals surface area contributed by atoms with Crippen LogP contribution in [0.4, 0.5) is 0 Å². The normalized spacial score (nSPS) is 40.5. The number of fused-ring (bicyclic) bond motifs is 5. The molecular formula is C20H27NO3. The standard InChI is InChI=1S/C20H27NO3/c1-10-3-8-15(22)12-5-4-11-13-6-7-14(19(21)24)20(13,2)9-16(23)18(11)17(10)12/h3,8,11,13-14,16,18,22-23H,4-7,9H2,1-2H3,(H2,21,24)/t11-,13?,14?,16?,18?,20?/m0/s1. The van der Waals surface area contributed by atoms with Crippen LogP contribution in [0.15, 0.2) is 12.1 Å². The summed E-state index contributed by atoms with van der Waals surface area (Å²) < 4.78 is 0. The highest BCUT2D eigenvalue weighted by molar-refractivity contribution is 5.78. The van der Waals surface area contributed by atoms with E-state index in [2.05, 4.69) is 13.8 Å². The average Bonchev–Trinajstić information content (AvgIpc) is 2.87. The minimum absolute atomic E-state index is 0.0746. The van der Waals surface area contributed by atoms with Gasteiger partial charge in [-0.15, -0.1) is 0 Å². The SMILES string of the molecule is Cc1ccc(O)c2c1C1C(O)CC3(C)C(C(N)=O)CCC3[C@@H]1CC2. The zero-order chi connectivity index (χ0) is 17.2. The number of benzene rings is 1. The van der Waals surface area contributed by atoms with Gasteiger partial charge in [0.15, 0.2) is 0 Å². The van der Waals surface area contributed by atoms with E-state index in [1.807, 2.05) is 6.07 Å². The minimum atomic E-state index is -0.476. The quantitative estimate of drug-likeness (QED) is 0.740. The number of phenols is 1. The lowest BCUT2D eigenvalue weighted by Gasteiger charge is -2.53. The molecule has 0 radical (unpaired) electrons. The Balaban J connectivity index is 1.79. The van der Waals surface area contributed by atoms with Crippen LogP contribution in [0.5, 0.6) is 5.75 Å². The van der Waals surface area contributed by atoms with E-state index in [0.29, 0.717) is 24.0 Å². The molecule has 3 aliphatic rings. The Morgan fingerprint density at radius 1 is 1.29 bits per heavy atom. The Kier molecular flexibility index (Phi) is 3.47. The van der Waals surface area contributed by atoms with Crippen LogP contribution in [0.2, 0.25) is 0 Å². The largest absolute Gasteiger partial charge is 0.508 e. The number of rotatable bonds is 1. The zero-order valence-electron chi connectivity index (χ0n) is 14.5. The number of primary amides is 1. The number of hydrogen-bond donors (Lipinski definition) is 3. The third-order valence-corrected chi connectivity index (χ3v) is 7.41. The maximum Gasteiger partial charge on any atom is 0.221 e. The van der Waals surface area contributed by atoms with Crippen LogP contribution in [0.3, 0.4) is 0 Å². The van der Waals surface area contributed by atoms with Gasteiger partial charge in [0.05, 0.1) is 6.10 Å². The summed E-state index contributed by atoms with van der Waals surface area (Å²) in [5.74, 6) is 0.899. The van der Waals surface area contributed by atoms with Crippen LogP contribution in [0, 0.1) is 30.1 Å². The molecule has 24 heavy (non-hydrogen) atoms. The predicted octanol–water partition coefficient (Wildman–Crippen LogP) is 2.63. The summed E-state index contributed by atoms with van der Waals surface area (Å²) in [7, 11) is 0. The first kappa shape index (κ1) is 15.9. The lowest BCUT2D eigenvalue weighted by Crippen LogP contribution is -2.50. The summed E-state index contributed by atoms with van der Waals surface area (Å²) >= 11 is 0. The van der Waals surface area contributed by atoms with Crippen molar-refractivity contribution in [3.05, 3.63) is 28.8 Å². The Labute approximate surface area is 143 Å². The maximum atomic E-state index is 11.9. The van der Waals surface area contributed by atoms with Gasteiger partial charge in [-0.1, -0.05) is 13.0 Å². The second kappa shape index (κ2) is 5.22. The van der Waals surface area contributed by atoms with E-state index in [0.717, 1.165) is 42.4 Å². The molecule has 4 rings (SSSR count). The fourth-order valence-electron chi connectivity index (χ4n) is 6.44. The lowest BCUT2D eigenvalue weighted by molar-refractivity contribution is -0.129. The van der Waals surface area contributed by atoms with Gasteiger partial charge in [0.2, 0.25) is 5.91 Å². The molecule has 4 nitrogen and oxygen atoms in total. The number of phenolic OH excluding ortho intramolecular Hbond substituents is 1. The second-order valence-electron chi connectivity index (χ2n) is 8.44. The first-order chi connectivity index (χ1) is 11.3. The van der Waals surface area contributed by atoms with Gasteiger partial charge in [0, 0.05) is 11.8 Å². The van der Waals surface area contributed by atoms with Gasteiger partial charge in [-0.2, -0.15) is 0 Å². The third kappa shape index (κ3) is 1.98. The van der Waals surface area contributed by atoms with Crippen molar-refractivity contribution in [2.24, 2.45) is 28.9 Å². The molecule has 6 atom stereocenters. The van der Waals surface area contributed by atoms with Crippen molar-refractivity contribution in [1.82, 2.24) is 0 Å². The predicted molar refractivity (Wildman–Crippen MR) is 91.5 cm³/mol. The van der Waals surface area contributed by atoms with E-state index < -0.39 is 6.10 Å². The van der Waals surface area contributed by atoms with Crippen LogP contribution >= 0.6 is 0 Å². The van der Waals surface area contributed by atoms with Gasteiger partial charge in [0.25, 0.3) is 0 Å². The molecule has 0 bridgehead atoms. The van der Waals surface area contributed by atoms with Gasteiger partial charge < -0.3 is 15.9 Å². The second-order valence-corrected chi connectivity index (χ2v) is 8.44. The number of aliphatic hydroxyl groups is 1. The van der Waals surface area contributed by atoms with Crippen LogP contribution in [0.25, 0.3) is 0 Å². The molecule has 130 valence electrons. The molecule has 4 heteroatoms. The molecule has 1 aromatic rings. The Morgan fingerprint density at radius 2 is 2.04 bits per heavy atom. The van der Waals surface area contributed by atoms with Crippen molar-refractivity contribution in [3.8, 4) is 5.75 Å². The smallest absolute Gasteiger partial charge is 0.221 e. The number of aromatic hydroxyl groups is 1. The summed E-state index contributed by atoms with van der Waals surface area (Å²) in [5.41, 5.74) is 8.81. The van der Waals surface area contributed by atoms with Crippen molar-refractivity contribution in [1.29, 1.82) is 0 Å². The number of amides is 1. The Morgan fingerprint density at radius 3 is 2.75 bits per heavy atom. The topological polar surface area (TPSA) is 83.6 Å². The summed E-state index contributed by atoms with van der Waals surface area (Å²) in [4.78, 5) is 11.9. The molecule has 4 N–H and O–H groups in total. The molecule has 2 fully saturated rings. The molecule has 3 aliphatic carbocycles. The molecule has 5 unspecified atom stereocenters. The van der Waals surface area contributed by atoms with Gasteiger partial charge in [-0.25, -0.2) is 0 Å². The van der Waals surface area contributed by atoms with Gasteiger partial charge in [-0.05, 0) is 79.0 Å². The molecule has 0 heterocycles. The van der Waals surface area contributed by atoms with Gasteiger partial charge in [-0.3, -0.25) is 4.79 Å². The highest BCUT2D eigenvalue weighted by atomic mass is 16.3. The van der Waals surface area contributed by atoms with E-state index in [1.54, 1.807) is 6.07 Å². The summed E-state index contributed by atoms with van der Waals surface area (Å²) in [6.45, 7) is 4.23. The van der Waals surface area contributed by atoms with Crippen molar-refractivity contribution in [2.75, 3.05) is 0 Å². The fourth-order valence-corrected chi connectivity index (χ4v) is 6.44. The van der Waals surface area contributed by atoms with Crippen molar-refractivity contribution < 1.29 is 15.0 Å². The van der Waals surface area contributed by atoms with Gasteiger partial charge >= 0.3 is 0 Å². The van der Waals surface area contributed by atoms with Crippen molar-refractivity contribution in [3.63, 3.8) is 0 Å². The monoisotopic (exact) mass is 329 g/mol. The highest BCUT2D eigenvalue weighted by Gasteiger charge is 2.59. The highest BCUT2D eigenvalue weighted by Crippen LogP contribution is 2.63. The lowest BCUT2D eigenvalue weighted by atomic mass is 9.52. The molecule has 0 aliphatic heterocycles. The molecule has 0 aromatic heterocycles. The van der Waals surface area contributed by atoms with Crippen LogP contribution in [-0.4, -0.2) is 22.2 Å². The number of hydrogen-bond acceptors (Lipinski definition) is 3. The number of nitrogens with two attached hydrogens (primary N) is 1. The number of carbonyl (C=O) groups excluding carboxylic acids is 1. The van der Waals surface area contributed by atoms with E-state index in [4.69, 9.17) is 5.73 Å². The fraction of sp³-hybridized carbons (Fsp3) is 0.650. The average molecular weight is 329 g/mol. The van der Waals surface area contributed by atoms with E-state index in [-0.39, 0.29) is 23.2 Å². The zero-order valence-corrected chi connectivity index (χ0v) is 14.5. The molecule has 0 saturated heterocycles. The van der Waals surface area contributed by atoms with Gasteiger partial charge in [0.1, 0.15) is 5.75 Å². The number of aliphatic hydroxyl groups excluding tert-OH is 1. The molecule has 2 saturated carbocycles. The summed E-state index contributed by atoms with van der Waals surface area (Å²) in [5, 5.41) is 21.3. The first-order valence-corrected chi connectivity index (χ1v) is 9.13. The van der Waals surface area contributed by atoms with E-state index in [9.17, 15) is 15.0 Å². The van der Waals surface area contributed by atoms with Crippen molar-refractivity contribution >= 4 is 5.91 Å². The third-order valence-electron chi connectivity index (χ3n) is 7.41. The molecular weight excluding hydrogens is 302 g/mol. The summed E-state index contributed by atoms with van der Waals surface area (Å²) in [6.07, 6.45) is 3.84. The van der Waals surface area contributed by atoms with Crippen LogP contribution in [-0.2, 0) is 11.2 Å². The molecule has 0 spiro atoms. The number of carbonyl (C=O) groups is 1. The van der Waals surface area contributed by atoms with Crippen molar-refractivity contribution in [2.45, 2.75) is 58.0 Å². The minimum Gasteiger partial charge on any atom is -0.508 e. The van der Waals surface area contributed by atoms with Crippen LogP contribution in [0.1, 0.15) is 55.2 Å². The molecule has 1 aromatic carbocycles. The first-order valence-electron chi connectivity index (χ1n) is 9.13. The summed E-state index contributed by atoms with van der Waals surface area (Å²) in [6, 6.07) is 3.73. The van der Waals surface area contributed by atoms with E-state index in [1.165, 1.54) is 0 Å².